The van der Waals surface area contributed by atoms with E-state index < -0.39 is 17.8 Å². The summed E-state index contributed by atoms with van der Waals surface area (Å²) in [4.78, 5) is 35.8. The molecule has 156 valence electrons. The Balaban J connectivity index is 1.50. The molecule has 0 radical (unpaired) electrons. The van der Waals surface area contributed by atoms with Crippen LogP contribution in [0.3, 0.4) is 0 Å². The summed E-state index contributed by atoms with van der Waals surface area (Å²) in [5, 5.41) is 6.60. The van der Waals surface area contributed by atoms with Crippen molar-refractivity contribution in [2.45, 2.75) is 6.92 Å². The Hall–Kier alpha value is -3.97. The highest BCUT2D eigenvalue weighted by Crippen LogP contribution is 2.15. The molecule has 2 N–H and O–H groups in total. The molecule has 0 aliphatic carbocycles. The lowest BCUT2D eigenvalue weighted by atomic mass is 10.1. The molecule has 3 aromatic carbocycles. The Kier molecular flexibility index (Phi) is 7.13. The van der Waals surface area contributed by atoms with Gasteiger partial charge in [-0.3, -0.25) is 9.59 Å². The van der Waals surface area contributed by atoms with E-state index in [0.29, 0.717) is 27.6 Å². The van der Waals surface area contributed by atoms with Crippen molar-refractivity contribution in [3.05, 3.63) is 94.5 Å². The number of amides is 2. The van der Waals surface area contributed by atoms with Crippen LogP contribution in [-0.4, -0.2) is 24.0 Å². The quantitative estimate of drug-likeness (QED) is 0.208. The largest absolute Gasteiger partial charge is 0.423 e. The molecule has 2 amide bonds. The zero-order valence-corrected chi connectivity index (χ0v) is 17.2. The van der Waals surface area contributed by atoms with Gasteiger partial charge < -0.3 is 10.1 Å². The van der Waals surface area contributed by atoms with E-state index in [9.17, 15) is 14.4 Å². The van der Waals surface area contributed by atoms with E-state index >= 15 is 0 Å². The fourth-order valence-corrected chi connectivity index (χ4v) is 2.64. The minimum Gasteiger partial charge on any atom is -0.423 e. The van der Waals surface area contributed by atoms with Crippen LogP contribution < -0.4 is 15.5 Å². The molecule has 0 saturated heterocycles. The van der Waals surface area contributed by atoms with Crippen molar-refractivity contribution in [2.24, 2.45) is 5.10 Å². The van der Waals surface area contributed by atoms with Crippen molar-refractivity contribution in [3.63, 3.8) is 0 Å². The minimum absolute atomic E-state index is 0.368. The molecular formula is C23H18ClN3O4. The van der Waals surface area contributed by atoms with Gasteiger partial charge in [0.1, 0.15) is 5.75 Å². The summed E-state index contributed by atoms with van der Waals surface area (Å²) in [7, 11) is 0. The highest BCUT2D eigenvalue weighted by Gasteiger charge is 2.13. The van der Waals surface area contributed by atoms with Gasteiger partial charge in [0.05, 0.1) is 11.8 Å². The van der Waals surface area contributed by atoms with Crippen LogP contribution in [0.25, 0.3) is 0 Å². The first-order valence-corrected chi connectivity index (χ1v) is 9.57. The maximum Gasteiger partial charge on any atom is 0.343 e. The van der Waals surface area contributed by atoms with Gasteiger partial charge in [0.2, 0.25) is 0 Å². The number of carbonyl (C=O) groups is 3. The van der Waals surface area contributed by atoms with Crippen molar-refractivity contribution in [1.82, 2.24) is 5.43 Å². The first-order chi connectivity index (χ1) is 14.9. The number of nitrogens with one attached hydrogen (secondary N) is 2. The third-order valence-corrected chi connectivity index (χ3v) is 4.28. The maximum atomic E-state index is 12.1. The van der Waals surface area contributed by atoms with Crippen LogP contribution in [-0.2, 0) is 9.59 Å². The standard InChI is InChI=1S/C23H18ClN3O4/c1-15-5-9-17(10-6-15)23(30)31-20-11-7-16(8-12-20)14-25-27-22(29)21(28)26-19-4-2-3-18(24)13-19/h2-14H,1H3,(H,26,28)(H,27,29)/b25-14+. The van der Waals surface area contributed by atoms with Crippen LogP contribution in [0, 0.1) is 6.92 Å². The van der Waals surface area contributed by atoms with Crippen molar-refractivity contribution in [1.29, 1.82) is 0 Å². The van der Waals surface area contributed by atoms with Gasteiger partial charge in [0.25, 0.3) is 0 Å². The summed E-state index contributed by atoms with van der Waals surface area (Å²) >= 11 is 5.83. The second-order valence-corrected chi connectivity index (χ2v) is 6.92. The molecule has 0 fully saturated rings. The lowest BCUT2D eigenvalue weighted by Crippen LogP contribution is -2.32. The Morgan fingerprint density at radius 1 is 0.935 bits per heavy atom. The number of rotatable bonds is 5. The van der Waals surface area contributed by atoms with Crippen molar-refractivity contribution in [3.8, 4) is 5.75 Å². The number of benzene rings is 3. The average molecular weight is 436 g/mol. The molecule has 0 unspecified atom stereocenters. The number of carbonyl (C=O) groups excluding carboxylic acids is 3. The molecule has 0 atom stereocenters. The molecule has 3 aromatic rings. The van der Waals surface area contributed by atoms with Crippen molar-refractivity contribution < 1.29 is 19.1 Å². The molecule has 0 bridgehead atoms. The Morgan fingerprint density at radius 2 is 1.65 bits per heavy atom. The summed E-state index contributed by atoms with van der Waals surface area (Å²) in [6, 6.07) is 20.0. The van der Waals surface area contributed by atoms with E-state index in [1.54, 1.807) is 54.6 Å². The van der Waals surface area contributed by atoms with Gasteiger partial charge in [-0.25, -0.2) is 10.2 Å². The molecule has 7 nitrogen and oxygen atoms in total. The van der Waals surface area contributed by atoms with Gasteiger partial charge in [-0.2, -0.15) is 5.10 Å². The number of hydrogen-bond acceptors (Lipinski definition) is 5. The number of halogens is 1. The van der Waals surface area contributed by atoms with Crippen LogP contribution in [0.15, 0.2) is 77.9 Å². The number of nitrogens with zero attached hydrogens (tertiary/aromatic N) is 1. The molecule has 0 saturated carbocycles. The monoisotopic (exact) mass is 435 g/mol. The summed E-state index contributed by atoms with van der Waals surface area (Å²) in [6.07, 6.45) is 1.36. The molecule has 0 aromatic heterocycles. The van der Waals surface area contributed by atoms with Crippen molar-refractivity contribution >= 4 is 41.3 Å². The summed E-state index contributed by atoms with van der Waals surface area (Å²) in [6.45, 7) is 1.93. The van der Waals surface area contributed by atoms with Crippen LogP contribution in [0.4, 0.5) is 5.69 Å². The first kappa shape index (κ1) is 21.7. The maximum absolute atomic E-state index is 12.1. The third kappa shape index (κ3) is 6.52. The van der Waals surface area contributed by atoms with Gasteiger partial charge >= 0.3 is 17.8 Å². The third-order valence-electron chi connectivity index (χ3n) is 4.05. The molecule has 3 rings (SSSR count). The minimum atomic E-state index is -0.931. The second-order valence-electron chi connectivity index (χ2n) is 6.49. The number of hydrogen-bond donors (Lipinski definition) is 2. The fourth-order valence-electron chi connectivity index (χ4n) is 2.45. The zero-order chi connectivity index (χ0) is 22.2. The Morgan fingerprint density at radius 3 is 2.32 bits per heavy atom. The summed E-state index contributed by atoms with van der Waals surface area (Å²) in [5.74, 6) is -1.90. The summed E-state index contributed by atoms with van der Waals surface area (Å²) < 4.78 is 5.32. The normalized spacial score (nSPS) is 10.5. The molecule has 0 aliphatic rings. The zero-order valence-electron chi connectivity index (χ0n) is 16.5. The lowest BCUT2D eigenvalue weighted by molar-refractivity contribution is -0.136. The van der Waals surface area contributed by atoms with Crippen LogP contribution in [0.1, 0.15) is 21.5 Å². The topological polar surface area (TPSA) is 96.9 Å². The lowest BCUT2D eigenvalue weighted by Gasteiger charge is -2.05. The molecule has 0 spiro atoms. The Bertz CT molecular complexity index is 1130. The van der Waals surface area contributed by atoms with Crippen LogP contribution in [0.5, 0.6) is 5.75 Å². The van der Waals surface area contributed by atoms with E-state index in [4.69, 9.17) is 16.3 Å². The number of esters is 1. The van der Waals surface area contributed by atoms with Gasteiger partial charge in [-0.1, -0.05) is 35.4 Å². The molecule has 0 heterocycles. The number of ether oxygens (including phenoxy) is 1. The van der Waals surface area contributed by atoms with E-state index in [1.165, 1.54) is 12.3 Å². The predicted molar refractivity (Wildman–Crippen MR) is 118 cm³/mol. The van der Waals surface area contributed by atoms with E-state index in [2.05, 4.69) is 15.8 Å². The van der Waals surface area contributed by atoms with E-state index in [1.807, 2.05) is 19.1 Å². The van der Waals surface area contributed by atoms with Crippen molar-refractivity contribution in [2.75, 3.05) is 5.32 Å². The smallest absolute Gasteiger partial charge is 0.343 e. The molecule has 0 aliphatic heterocycles. The fraction of sp³-hybridized carbons (Fsp3) is 0.0435. The van der Waals surface area contributed by atoms with Gasteiger partial charge in [0.15, 0.2) is 0 Å². The number of hydrazone groups is 1. The predicted octanol–water partition coefficient (Wildman–Crippen LogP) is 3.96. The van der Waals surface area contributed by atoms with E-state index in [-0.39, 0.29) is 0 Å². The number of aryl methyl sites for hydroxylation is 1. The summed E-state index contributed by atoms with van der Waals surface area (Å²) in [5.41, 5.74) is 4.67. The van der Waals surface area contributed by atoms with Gasteiger partial charge in [-0.05, 0) is 67.1 Å². The van der Waals surface area contributed by atoms with Crippen LogP contribution in [0.2, 0.25) is 5.02 Å². The molecular weight excluding hydrogens is 418 g/mol. The number of anilines is 1. The van der Waals surface area contributed by atoms with Gasteiger partial charge in [0, 0.05) is 10.7 Å². The molecule has 8 heteroatoms. The molecule has 31 heavy (non-hydrogen) atoms. The SMILES string of the molecule is Cc1ccc(C(=O)Oc2ccc(/C=N/NC(=O)C(=O)Nc3cccc(Cl)c3)cc2)cc1. The highest BCUT2D eigenvalue weighted by atomic mass is 35.5. The van der Waals surface area contributed by atoms with Crippen LogP contribution >= 0.6 is 11.6 Å². The van der Waals surface area contributed by atoms with Gasteiger partial charge in [-0.15, -0.1) is 0 Å². The highest BCUT2D eigenvalue weighted by molar-refractivity contribution is 6.39. The van der Waals surface area contributed by atoms with E-state index in [0.717, 1.165) is 5.56 Å². The first-order valence-electron chi connectivity index (χ1n) is 9.19. The average Bonchev–Trinajstić information content (AvgIpc) is 2.75. The second kappa shape index (κ2) is 10.2. The Labute approximate surface area is 183 Å².